The van der Waals surface area contributed by atoms with Gasteiger partial charge in [0.2, 0.25) is 0 Å². The number of hydrogen-bond donors (Lipinski definition) is 1. The smallest absolute Gasteiger partial charge is 0.124 e. The molecular weight excluding hydrogens is 373 g/mol. The van der Waals surface area contributed by atoms with E-state index in [2.05, 4.69) is 42.6 Å². The van der Waals surface area contributed by atoms with Crippen molar-refractivity contribution in [1.29, 1.82) is 0 Å². The number of rotatable bonds is 9. The van der Waals surface area contributed by atoms with Crippen LogP contribution in [0.15, 0.2) is 72.8 Å². The van der Waals surface area contributed by atoms with Crippen LogP contribution in [-0.4, -0.2) is 6.04 Å². The molecule has 0 radical (unpaired) electrons. The van der Waals surface area contributed by atoms with Gasteiger partial charge in [0.25, 0.3) is 0 Å². The Balaban J connectivity index is 1.47. The largest absolute Gasteiger partial charge is 0.489 e. The van der Waals surface area contributed by atoms with Gasteiger partial charge in [-0.1, -0.05) is 60.1 Å². The summed E-state index contributed by atoms with van der Waals surface area (Å²) >= 11 is 6.06. The highest BCUT2D eigenvalue weighted by Crippen LogP contribution is 2.21. The third kappa shape index (κ3) is 6.36. The number of nitrogens with one attached hydrogen (secondary N) is 1. The maximum absolute atomic E-state index is 13.1. The molecule has 146 valence electrons. The summed E-state index contributed by atoms with van der Waals surface area (Å²) in [6.07, 6.45) is 2.15. The average molecular weight is 398 g/mol. The molecule has 0 aliphatic carbocycles. The first-order chi connectivity index (χ1) is 13.6. The van der Waals surface area contributed by atoms with Gasteiger partial charge >= 0.3 is 0 Å². The molecule has 0 amide bonds. The van der Waals surface area contributed by atoms with Crippen LogP contribution >= 0.6 is 11.6 Å². The summed E-state index contributed by atoms with van der Waals surface area (Å²) < 4.78 is 19.0. The molecule has 3 rings (SSSR count). The number of ether oxygens (including phenoxy) is 1. The van der Waals surface area contributed by atoms with E-state index in [4.69, 9.17) is 16.3 Å². The monoisotopic (exact) mass is 397 g/mol. The molecule has 1 atom stereocenters. The molecule has 0 heterocycles. The minimum absolute atomic E-state index is 0.309. The molecule has 0 saturated carbocycles. The zero-order valence-electron chi connectivity index (χ0n) is 16.0. The van der Waals surface area contributed by atoms with Gasteiger partial charge in [0.1, 0.15) is 18.2 Å². The highest BCUT2D eigenvalue weighted by atomic mass is 35.5. The fraction of sp³-hybridized carbons (Fsp3) is 0.250. The molecule has 2 nitrogen and oxygen atoms in total. The molecule has 0 bridgehead atoms. The molecule has 4 heteroatoms. The summed E-state index contributed by atoms with van der Waals surface area (Å²) in [5, 5.41) is 3.95. The molecule has 28 heavy (non-hydrogen) atoms. The molecule has 0 aromatic heterocycles. The Labute approximate surface area is 171 Å². The highest BCUT2D eigenvalue weighted by Gasteiger charge is 2.05. The Morgan fingerprint density at radius 3 is 2.54 bits per heavy atom. The lowest BCUT2D eigenvalue weighted by Crippen LogP contribution is -2.25. The lowest BCUT2D eigenvalue weighted by molar-refractivity contribution is 0.305. The predicted molar refractivity (Wildman–Crippen MR) is 113 cm³/mol. The van der Waals surface area contributed by atoms with Crippen molar-refractivity contribution in [3.63, 3.8) is 0 Å². The first-order valence-corrected chi connectivity index (χ1v) is 9.91. The van der Waals surface area contributed by atoms with E-state index in [0.29, 0.717) is 17.7 Å². The van der Waals surface area contributed by atoms with Crippen LogP contribution in [0.1, 0.15) is 30.0 Å². The van der Waals surface area contributed by atoms with Crippen LogP contribution in [0.4, 0.5) is 4.39 Å². The quantitative estimate of drug-likeness (QED) is 0.466. The summed E-state index contributed by atoms with van der Waals surface area (Å²) in [5.41, 5.74) is 3.29. The van der Waals surface area contributed by atoms with Gasteiger partial charge in [-0.15, -0.1) is 0 Å². The Kier molecular flexibility index (Phi) is 7.46. The second-order valence-corrected chi connectivity index (χ2v) is 7.39. The van der Waals surface area contributed by atoms with Crippen molar-refractivity contribution in [2.24, 2.45) is 0 Å². The fourth-order valence-electron chi connectivity index (χ4n) is 2.97. The number of benzene rings is 3. The van der Waals surface area contributed by atoms with E-state index in [0.717, 1.165) is 36.3 Å². The van der Waals surface area contributed by atoms with Crippen LogP contribution in [0.2, 0.25) is 5.02 Å². The maximum atomic E-state index is 13.1. The lowest BCUT2D eigenvalue weighted by Gasteiger charge is -2.15. The van der Waals surface area contributed by atoms with E-state index in [1.807, 2.05) is 24.3 Å². The summed E-state index contributed by atoms with van der Waals surface area (Å²) in [5.74, 6) is 0.430. The Morgan fingerprint density at radius 1 is 0.964 bits per heavy atom. The molecule has 0 aliphatic rings. The van der Waals surface area contributed by atoms with E-state index in [9.17, 15) is 4.39 Å². The van der Waals surface area contributed by atoms with Crippen LogP contribution in [0.5, 0.6) is 5.75 Å². The van der Waals surface area contributed by atoms with Gasteiger partial charge in [-0.25, -0.2) is 4.39 Å². The lowest BCUT2D eigenvalue weighted by atomic mass is 10.1. The van der Waals surface area contributed by atoms with Crippen LogP contribution < -0.4 is 10.1 Å². The molecule has 0 aliphatic heterocycles. The zero-order chi connectivity index (χ0) is 19.8. The number of hydrogen-bond acceptors (Lipinski definition) is 2. The highest BCUT2D eigenvalue weighted by molar-refractivity contribution is 6.31. The molecule has 0 spiro atoms. The minimum atomic E-state index is -0.344. The van der Waals surface area contributed by atoms with Crippen molar-refractivity contribution in [3.8, 4) is 5.75 Å². The molecule has 0 unspecified atom stereocenters. The molecule has 3 aromatic carbocycles. The number of halogens is 2. The van der Waals surface area contributed by atoms with Crippen LogP contribution in [0, 0.1) is 5.82 Å². The molecule has 0 saturated heterocycles. The summed E-state index contributed by atoms with van der Waals surface area (Å²) in [6, 6.07) is 23.3. The van der Waals surface area contributed by atoms with E-state index in [1.165, 1.54) is 17.7 Å². The van der Waals surface area contributed by atoms with Gasteiger partial charge in [0, 0.05) is 18.2 Å². The van der Waals surface area contributed by atoms with E-state index in [-0.39, 0.29) is 5.82 Å². The van der Waals surface area contributed by atoms with Crippen LogP contribution in [0.25, 0.3) is 0 Å². The standard InChI is InChI=1S/C24H25ClFNO/c1-18(10-11-19-6-3-2-4-7-19)27-16-20-8-5-9-23(14-20)28-17-21-12-13-22(26)15-24(21)25/h2-9,12-15,18,27H,10-11,16-17H2,1H3/t18-/m0/s1. The Hall–Kier alpha value is -2.36. The van der Waals surface area contributed by atoms with E-state index < -0.39 is 0 Å². The maximum Gasteiger partial charge on any atom is 0.124 e. The van der Waals surface area contributed by atoms with Crippen molar-refractivity contribution in [1.82, 2.24) is 5.32 Å². The SMILES string of the molecule is C[C@@H](CCc1ccccc1)NCc1cccc(OCc2ccc(F)cc2Cl)c1. The Bertz CT molecular complexity index is 885. The Morgan fingerprint density at radius 2 is 1.75 bits per heavy atom. The predicted octanol–water partition coefficient (Wildman–Crippen LogP) is 6.17. The fourth-order valence-corrected chi connectivity index (χ4v) is 3.19. The molecule has 0 fully saturated rings. The van der Waals surface area contributed by atoms with Crippen molar-refractivity contribution in [3.05, 3.63) is 100 Å². The summed E-state index contributed by atoms with van der Waals surface area (Å²) in [7, 11) is 0. The van der Waals surface area contributed by atoms with Gasteiger partial charge in [-0.3, -0.25) is 0 Å². The van der Waals surface area contributed by atoms with Gasteiger partial charge in [0.05, 0.1) is 5.02 Å². The summed E-state index contributed by atoms with van der Waals surface area (Å²) in [6.45, 7) is 3.30. The first-order valence-electron chi connectivity index (χ1n) is 9.53. The van der Waals surface area contributed by atoms with Crippen LogP contribution in [0.3, 0.4) is 0 Å². The minimum Gasteiger partial charge on any atom is -0.489 e. The van der Waals surface area contributed by atoms with Gasteiger partial charge in [0.15, 0.2) is 0 Å². The second-order valence-electron chi connectivity index (χ2n) is 6.98. The van der Waals surface area contributed by atoms with Crippen LogP contribution in [-0.2, 0) is 19.6 Å². The van der Waals surface area contributed by atoms with Crippen molar-refractivity contribution in [2.75, 3.05) is 0 Å². The molecule has 1 N–H and O–H groups in total. The second kappa shape index (κ2) is 10.3. The van der Waals surface area contributed by atoms with Crippen molar-refractivity contribution >= 4 is 11.6 Å². The third-order valence-corrected chi connectivity index (χ3v) is 5.02. The molecular formula is C24H25ClFNO. The third-order valence-electron chi connectivity index (χ3n) is 4.67. The zero-order valence-corrected chi connectivity index (χ0v) is 16.8. The normalized spacial score (nSPS) is 12.0. The van der Waals surface area contributed by atoms with E-state index >= 15 is 0 Å². The first kappa shape index (κ1) is 20.4. The average Bonchev–Trinajstić information content (AvgIpc) is 2.71. The van der Waals surface area contributed by atoms with Crippen molar-refractivity contribution < 1.29 is 9.13 Å². The van der Waals surface area contributed by atoms with Gasteiger partial charge in [-0.05, 0) is 55.2 Å². The van der Waals surface area contributed by atoms with Gasteiger partial charge in [-0.2, -0.15) is 0 Å². The topological polar surface area (TPSA) is 21.3 Å². The number of aryl methyl sites for hydroxylation is 1. The molecule has 3 aromatic rings. The van der Waals surface area contributed by atoms with Gasteiger partial charge < -0.3 is 10.1 Å². The van der Waals surface area contributed by atoms with E-state index in [1.54, 1.807) is 6.07 Å². The van der Waals surface area contributed by atoms with Crippen molar-refractivity contribution in [2.45, 2.75) is 39.0 Å². The summed E-state index contributed by atoms with van der Waals surface area (Å²) in [4.78, 5) is 0.